The summed E-state index contributed by atoms with van der Waals surface area (Å²) in [5.74, 6) is -1.63. The normalized spacial score (nSPS) is 14.7. The van der Waals surface area contributed by atoms with E-state index in [0.717, 1.165) is 35.0 Å². The SMILES string of the molecule is CCS(=O)(=O)N(c1cnc2n[nH]c(C3CC3)c2c1)c1ccc(F)cc1F. The lowest BCUT2D eigenvalue weighted by molar-refractivity contribution is 0.579. The van der Waals surface area contributed by atoms with Gasteiger partial charge in [-0.3, -0.25) is 5.10 Å². The van der Waals surface area contributed by atoms with E-state index in [4.69, 9.17) is 0 Å². The van der Waals surface area contributed by atoms with Gasteiger partial charge in [-0.05, 0) is 38.0 Å². The lowest BCUT2D eigenvalue weighted by Gasteiger charge is -2.24. The smallest absolute Gasteiger partial charge is 0.239 e. The van der Waals surface area contributed by atoms with Crippen molar-refractivity contribution in [2.45, 2.75) is 25.7 Å². The number of H-pyrrole nitrogens is 1. The molecular formula is C17H16F2N4O2S. The summed E-state index contributed by atoms with van der Waals surface area (Å²) in [5, 5.41) is 7.80. The van der Waals surface area contributed by atoms with Gasteiger partial charge in [0.1, 0.15) is 5.82 Å². The number of pyridine rings is 1. The van der Waals surface area contributed by atoms with Gasteiger partial charge in [0.2, 0.25) is 10.0 Å². The van der Waals surface area contributed by atoms with Crippen molar-refractivity contribution in [3.8, 4) is 0 Å². The second kappa shape index (κ2) is 6.01. The Balaban J connectivity index is 1.91. The fourth-order valence-electron chi connectivity index (χ4n) is 2.93. The number of sulfonamides is 1. The van der Waals surface area contributed by atoms with Crippen LogP contribution in [-0.4, -0.2) is 29.4 Å². The Hall–Kier alpha value is -2.55. The Bertz CT molecular complexity index is 1090. The molecule has 9 heteroatoms. The maximum Gasteiger partial charge on any atom is 0.239 e. The average molecular weight is 378 g/mol. The Morgan fingerprint density at radius 1 is 1.27 bits per heavy atom. The molecule has 4 rings (SSSR count). The van der Waals surface area contributed by atoms with Gasteiger partial charge in [0.05, 0.1) is 23.3 Å². The molecule has 1 aromatic carbocycles. The van der Waals surface area contributed by atoms with E-state index in [0.29, 0.717) is 23.0 Å². The minimum Gasteiger partial charge on any atom is -0.279 e. The van der Waals surface area contributed by atoms with Crippen molar-refractivity contribution in [1.29, 1.82) is 0 Å². The number of halogens is 2. The Morgan fingerprint density at radius 3 is 2.69 bits per heavy atom. The number of benzene rings is 1. The molecule has 2 heterocycles. The van der Waals surface area contributed by atoms with Gasteiger partial charge in [0.15, 0.2) is 11.5 Å². The first-order chi connectivity index (χ1) is 12.4. The van der Waals surface area contributed by atoms with E-state index in [1.165, 1.54) is 13.1 Å². The summed E-state index contributed by atoms with van der Waals surface area (Å²) < 4.78 is 53.8. The first-order valence-corrected chi connectivity index (χ1v) is 9.83. The zero-order chi connectivity index (χ0) is 18.5. The standard InChI is InChI=1S/C17H16F2N4O2S/c1-2-26(24,25)23(15-6-5-11(18)7-14(15)19)12-8-13-16(10-3-4-10)21-22-17(13)20-9-12/h5-10H,2-4H2,1H3,(H,20,21,22). The first kappa shape index (κ1) is 16.9. The van der Waals surface area contributed by atoms with Crippen LogP contribution in [0, 0.1) is 11.6 Å². The highest BCUT2D eigenvalue weighted by molar-refractivity contribution is 7.93. The number of fused-ring (bicyclic) bond motifs is 1. The predicted octanol–water partition coefficient (Wildman–Crippen LogP) is 3.60. The molecule has 1 aliphatic carbocycles. The van der Waals surface area contributed by atoms with Crippen LogP contribution >= 0.6 is 0 Å². The van der Waals surface area contributed by atoms with Gasteiger partial charge in [-0.1, -0.05) is 0 Å². The molecule has 3 aromatic rings. The zero-order valence-corrected chi connectivity index (χ0v) is 14.7. The van der Waals surface area contributed by atoms with Gasteiger partial charge in [-0.2, -0.15) is 5.10 Å². The van der Waals surface area contributed by atoms with Gasteiger partial charge in [-0.15, -0.1) is 0 Å². The molecule has 0 amide bonds. The molecule has 1 aliphatic rings. The molecule has 0 aliphatic heterocycles. The van der Waals surface area contributed by atoms with Crippen molar-refractivity contribution in [3.63, 3.8) is 0 Å². The molecule has 1 saturated carbocycles. The maximum atomic E-state index is 14.3. The van der Waals surface area contributed by atoms with E-state index in [1.807, 2.05) is 0 Å². The number of nitrogens with one attached hydrogen (secondary N) is 1. The molecule has 6 nitrogen and oxygen atoms in total. The van der Waals surface area contributed by atoms with E-state index < -0.39 is 21.7 Å². The monoisotopic (exact) mass is 378 g/mol. The molecule has 0 radical (unpaired) electrons. The molecule has 0 bridgehead atoms. The minimum atomic E-state index is -3.87. The van der Waals surface area contributed by atoms with Crippen molar-refractivity contribution >= 4 is 32.4 Å². The number of aromatic nitrogens is 3. The molecular weight excluding hydrogens is 362 g/mol. The first-order valence-electron chi connectivity index (χ1n) is 8.23. The van der Waals surface area contributed by atoms with Crippen molar-refractivity contribution < 1.29 is 17.2 Å². The molecule has 0 saturated heterocycles. The van der Waals surface area contributed by atoms with E-state index in [2.05, 4.69) is 15.2 Å². The quantitative estimate of drug-likeness (QED) is 0.736. The van der Waals surface area contributed by atoms with Crippen LogP contribution in [0.4, 0.5) is 20.2 Å². The van der Waals surface area contributed by atoms with Gasteiger partial charge in [0.25, 0.3) is 0 Å². The fraction of sp³-hybridized carbons (Fsp3) is 0.294. The third-order valence-electron chi connectivity index (χ3n) is 4.42. The number of anilines is 2. The summed E-state index contributed by atoms with van der Waals surface area (Å²) in [6.07, 6.45) is 3.39. The largest absolute Gasteiger partial charge is 0.279 e. The predicted molar refractivity (Wildman–Crippen MR) is 93.8 cm³/mol. The number of rotatable bonds is 5. The maximum absolute atomic E-state index is 14.3. The lowest BCUT2D eigenvalue weighted by Crippen LogP contribution is -2.28. The number of hydrogen-bond acceptors (Lipinski definition) is 4. The molecule has 1 fully saturated rings. The fourth-order valence-corrected chi connectivity index (χ4v) is 4.05. The third-order valence-corrected chi connectivity index (χ3v) is 6.11. The van der Waals surface area contributed by atoms with Gasteiger partial charge < -0.3 is 0 Å². The van der Waals surface area contributed by atoms with Gasteiger partial charge in [-0.25, -0.2) is 26.5 Å². The average Bonchev–Trinajstić information content (AvgIpc) is 3.36. The highest BCUT2D eigenvalue weighted by Crippen LogP contribution is 2.42. The molecule has 136 valence electrons. The molecule has 2 aromatic heterocycles. The van der Waals surface area contributed by atoms with E-state index in [9.17, 15) is 17.2 Å². The molecule has 0 unspecified atom stereocenters. The zero-order valence-electron chi connectivity index (χ0n) is 13.9. The summed E-state index contributed by atoms with van der Waals surface area (Å²) in [5.41, 5.74) is 1.32. The van der Waals surface area contributed by atoms with Crippen LogP contribution in [0.15, 0.2) is 30.5 Å². The van der Waals surface area contributed by atoms with E-state index in [-0.39, 0.29) is 17.1 Å². The summed E-state index contributed by atoms with van der Waals surface area (Å²) in [6.45, 7) is 1.46. The molecule has 0 atom stereocenters. The van der Waals surface area contributed by atoms with Crippen LogP contribution in [0.3, 0.4) is 0 Å². The van der Waals surface area contributed by atoms with Crippen LogP contribution in [0.2, 0.25) is 0 Å². The molecule has 0 spiro atoms. The molecule has 26 heavy (non-hydrogen) atoms. The van der Waals surface area contributed by atoms with Gasteiger partial charge >= 0.3 is 0 Å². The topological polar surface area (TPSA) is 79.0 Å². The van der Waals surface area contributed by atoms with Crippen molar-refractivity contribution in [1.82, 2.24) is 15.2 Å². The second-order valence-electron chi connectivity index (χ2n) is 6.24. The highest BCUT2D eigenvalue weighted by Gasteiger charge is 2.30. The summed E-state index contributed by atoms with van der Waals surface area (Å²) in [4.78, 5) is 4.21. The number of nitrogens with zero attached hydrogens (tertiary/aromatic N) is 3. The number of aromatic amines is 1. The van der Waals surface area contributed by atoms with Crippen LogP contribution in [0.1, 0.15) is 31.4 Å². The number of hydrogen-bond donors (Lipinski definition) is 1. The van der Waals surface area contributed by atoms with Crippen molar-refractivity contribution in [3.05, 3.63) is 47.8 Å². The summed E-state index contributed by atoms with van der Waals surface area (Å²) in [7, 11) is -3.87. The Labute approximate surface area is 148 Å². The summed E-state index contributed by atoms with van der Waals surface area (Å²) in [6, 6.07) is 4.43. The van der Waals surface area contributed by atoms with Crippen LogP contribution < -0.4 is 4.31 Å². The van der Waals surface area contributed by atoms with Crippen LogP contribution in [0.5, 0.6) is 0 Å². The molecule has 1 N–H and O–H groups in total. The van der Waals surface area contributed by atoms with Crippen molar-refractivity contribution in [2.75, 3.05) is 10.1 Å². The Kier molecular flexibility index (Phi) is 3.91. The summed E-state index contributed by atoms with van der Waals surface area (Å²) >= 11 is 0. The minimum absolute atomic E-state index is 0.188. The highest BCUT2D eigenvalue weighted by atomic mass is 32.2. The van der Waals surface area contributed by atoms with Crippen LogP contribution in [-0.2, 0) is 10.0 Å². The third kappa shape index (κ3) is 2.82. The Morgan fingerprint density at radius 2 is 2.04 bits per heavy atom. The van der Waals surface area contributed by atoms with E-state index in [1.54, 1.807) is 6.07 Å². The second-order valence-corrected chi connectivity index (χ2v) is 8.34. The van der Waals surface area contributed by atoms with Gasteiger partial charge in [0, 0.05) is 23.1 Å². The van der Waals surface area contributed by atoms with Crippen molar-refractivity contribution in [2.24, 2.45) is 0 Å². The lowest BCUT2D eigenvalue weighted by atomic mass is 10.2. The van der Waals surface area contributed by atoms with E-state index >= 15 is 0 Å². The van der Waals surface area contributed by atoms with Crippen LogP contribution in [0.25, 0.3) is 11.0 Å².